The number of aliphatic carboxylic acids is 1. The van der Waals surface area contributed by atoms with E-state index in [9.17, 15) is 9.59 Å². The topological polar surface area (TPSA) is 73.4 Å². The lowest BCUT2D eigenvalue weighted by Crippen LogP contribution is -2.42. The van der Waals surface area contributed by atoms with E-state index in [1.165, 1.54) is 0 Å². The van der Waals surface area contributed by atoms with Gasteiger partial charge in [0.25, 0.3) is 5.91 Å². The summed E-state index contributed by atoms with van der Waals surface area (Å²) < 4.78 is 0. The number of likely N-dealkylation sites (tertiary alicyclic amines) is 1. The third kappa shape index (κ3) is 3.54. The average molecular weight is 299 g/mol. The fourth-order valence-corrected chi connectivity index (χ4v) is 2.93. The SMILES string of the molecule is CC(CC(=O)O)C1CCCN(C(=O)c2cc(Cl)c[nH]2)C1. The Morgan fingerprint density at radius 1 is 1.60 bits per heavy atom. The highest BCUT2D eigenvalue weighted by molar-refractivity contribution is 6.30. The second-order valence-corrected chi connectivity index (χ2v) is 5.90. The number of hydrogen-bond donors (Lipinski definition) is 2. The highest BCUT2D eigenvalue weighted by Crippen LogP contribution is 2.27. The van der Waals surface area contributed by atoms with Crippen LogP contribution in [-0.4, -0.2) is 40.0 Å². The second kappa shape index (κ2) is 6.31. The standard InChI is InChI=1S/C14H19ClN2O3/c1-9(5-13(18)19)10-3-2-4-17(8-10)14(20)12-6-11(15)7-16-12/h6-7,9-10,16H,2-5,8H2,1H3,(H,18,19). The van der Waals surface area contributed by atoms with Crippen LogP contribution in [0.2, 0.25) is 5.02 Å². The van der Waals surface area contributed by atoms with Gasteiger partial charge < -0.3 is 15.0 Å². The van der Waals surface area contributed by atoms with Crippen molar-refractivity contribution in [2.75, 3.05) is 13.1 Å². The van der Waals surface area contributed by atoms with Crippen LogP contribution in [0.15, 0.2) is 12.3 Å². The molecular weight excluding hydrogens is 280 g/mol. The number of aromatic nitrogens is 1. The summed E-state index contributed by atoms with van der Waals surface area (Å²) in [6, 6.07) is 1.62. The number of H-pyrrole nitrogens is 1. The number of rotatable bonds is 4. The van der Waals surface area contributed by atoms with E-state index in [4.69, 9.17) is 16.7 Å². The third-order valence-electron chi connectivity index (χ3n) is 3.92. The van der Waals surface area contributed by atoms with E-state index in [1.807, 2.05) is 6.92 Å². The Morgan fingerprint density at radius 3 is 2.95 bits per heavy atom. The van der Waals surface area contributed by atoms with Crippen molar-refractivity contribution in [1.29, 1.82) is 0 Å². The van der Waals surface area contributed by atoms with Gasteiger partial charge in [0.2, 0.25) is 0 Å². The first-order chi connectivity index (χ1) is 9.47. The van der Waals surface area contributed by atoms with Crippen LogP contribution in [0.5, 0.6) is 0 Å². The maximum Gasteiger partial charge on any atom is 0.303 e. The summed E-state index contributed by atoms with van der Waals surface area (Å²) in [6.45, 7) is 3.27. The lowest BCUT2D eigenvalue weighted by atomic mass is 9.84. The molecule has 1 saturated heterocycles. The first-order valence-electron chi connectivity index (χ1n) is 6.82. The molecule has 2 atom stereocenters. The number of carboxylic acids is 1. The molecule has 0 bridgehead atoms. The second-order valence-electron chi connectivity index (χ2n) is 5.46. The zero-order valence-corrected chi connectivity index (χ0v) is 12.2. The minimum Gasteiger partial charge on any atom is -0.481 e. The van der Waals surface area contributed by atoms with Crippen LogP contribution in [0.4, 0.5) is 0 Å². The molecule has 1 aromatic rings. The normalized spacial score (nSPS) is 20.7. The molecule has 0 radical (unpaired) electrons. The van der Waals surface area contributed by atoms with Gasteiger partial charge in [-0.25, -0.2) is 0 Å². The van der Waals surface area contributed by atoms with Crippen molar-refractivity contribution in [2.45, 2.75) is 26.2 Å². The van der Waals surface area contributed by atoms with Gasteiger partial charge >= 0.3 is 5.97 Å². The van der Waals surface area contributed by atoms with Crippen molar-refractivity contribution in [3.8, 4) is 0 Å². The lowest BCUT2D eigenvalue weighted by Gasteiger charge is -2.35. The van der Waals surface area contributed by atoms with Crippen molar-refractivity contribution in [2.24, 2.45) is 11.8 Å². The number of hydrogen-bond acceptors (Lipinski definition) is 2. The van der Waals surface area contributed by atoms with Crippen molar-refractivity contribution in [1.82, 2.24) is 9.88 Å². The van der Waals surface area contributed by atoms with Gasteiger partial charge in [-0.1, -0.05) is 18.5 Å². The van der Waals surface area contributed by atoms with Gasteiger partial charge in [-0.2, -0.15) is 0 Å². The maximum absolute atomic E-state index is 12.3. The largest absolute Gasteiger partial charge is 0.481 e. The Bertz CT molecular complexity index is 500. The lowest BCUT2D eigenvalue weighted by molar-refractivity contribution is -0.138. The molecule has 1 aromatic heterocycles. The number of nitrogens with zero attached hydrogens (tertiary/aromatic N) is 1. The fraction of sp³-hybridized carbons (Fsp3) is 0.571. The molecular formula is C14H19ClN2O3. The van der Waals surface area contributed by atoms with E-state index in [0.717, 1.165) is 12.8 Å². The molecule has 1 aliphatic rings. The van der Waals surface area contributed by atoms with Crippen LogP contribution in [0, 0.1) is 11.8 Å². The number of piperidine rings is 1. The maximum atomic E-state index is 12.3. The number of amides is 1. The summed E-state index contributed by atoms with van der Waals surface area (Å²) in [5.41, 5.74) is 0.488. The minimum absolute atomic E-state index is 0.0656. The molecule has 2 unspecified atom stereocenters. The number of carbonyl (C=O) groups is 2. The molecule has 2 rings (SSSR count). The van der Waals surface area contributed by atoms with E-state index >= 15 is 0 Å². The fourth-order valence-electron chi connectivity index (χ4n) is 2.76. The van der Waals surface area contributed by atoms with E-state index in [-0.39, 0.29) is 24.2 Å². The molecule has 1 amide bonds. The molecule has 110 valence electrons. The average Bonchev–Trinajstić information content (AvgIpc) is 2.84. The molecule has 5 nitrogen and oxygen atoms in total. The number of aromatic amines is 1. The molecule has 20 heavy (non-hydrogen) atoms. The van der Waals surface area contributed by atoms with Gasteiger partial charge in [0, 0.05) is 25.7 Å². The molecule has 2 N–H and O–H groups in total. The summed E-state index contributed by atoms with van der Waals surface area (Å²) in [4.78, 5) is 27.8. The van der Waals surface area contributed by atoms with Gasteiger partial charge in [0.05, 0.1) is 5.02 Å². The molecule has 2 heterocycles. The van der Waals surface area contributed by atoms with Gasteiger partial charge in [0.15, 0.2) is 0 Å². The van der Waals surface area contributed by atoms with Gasteiger partial charge in [-0.15, -0.1) is 0 Å². The van der Waals surface area contributed by atoms with Crippen LogP contribution in [0.3, 0.4) is 0 Å². The summed E-state index contributed by atoms with van der Waals surface area (Å²) in [5.74, 6) is -0.522. The number of halogens is 1. The van der Waals surface area contributed by atoms with Crippen LogP contribution in [-0.2, 0) is 4.79 Å². The Balaban J connectivity index is 1.99. The van der Waals surface area contributed by atoms with Crippen molar-refractivity contribution >= 4 is 23.5 Å². The monoisotopic (exact) mass is 298 g/mol. The Labute approximate surface area is 122 Å². The molecule has 1 fully saturated rings. The summed E-state index contributed by atoms with van der Waals surface area (Å²) >= 11 is 5.81. The molecule has 1 aliphatic heterocycles. The highest BCUT2D eigenvalue weighted by atomic mass is 35.5. The van der Waals surface area contributed by atoms with E-state index < -0.39 is 5.97 Å². The Kier molecular flexibility index (Phi) is 4.70. The zero-order chi connectivity index (χ0) is 14.7. The summed E-state index contributed by atoms with van der Waals surface area (Å²) in [5, 5.41) is 9.39. The zero-order valence-electron chi connectivity index (χ0n) is 11.4. The van der Waals surface area contributed by atoms with Crippen molar-refractivity contribution < 1.29 is 14.7 Å². The first-order valence-corrected chi connectivity index (χ1v) is 7.20. The number of carboxylic acid groups (broad SMARTS) is 1. The van der Waals surface area contributed by atoms with Crippen LogP contribution < -0.4 is 0 Å². The van der Waals surface area contributed by atoms with Crippen LogP contribution in [0.25, 0.3) is 0 Å². The molecule has 0 aliphatic carbocycles. The number of nitrogens with one attached hydrogen (secondary N) is 1. The summed E-state index contributed by atoms with van der Waals surface area (Å²) in [7, 11) is 0. The first kappa shape index (κ1) is 14.9. The van der Waals surface area contributed by atoms with E-state index in [2.05, 4.69) is 4.98 Å². The molecule has 0 spiro atoms. The Morgan fingerprint density at radius 2 is 2.35 bits per heavy atom. The predicted molar refractivity (Wildman–Crippen MR) is 75.8 cm³/mol. The predicted octanol–water partition coefficient (Wildman–Crippen LogP) is 2.63. The Hall–Kier alpha value is -1.49. The van der Waals surface area contributed by atoms with E-state index in [1.54, 1.807) is 17.2 Å². The van der Waals surface area contributed by atoms with Gasteiger partial charge in [-0.3, -0.25) is 9.59 Å². The van der Waals surface area contributed by atoms with E-state index in [0.29, 0.717) is 23.8 Å². The van der Waals surface area contributed by atoms with Crippen LogP contribution >= 0.6 is 11.6 Å². The molecule has 0 aromatic carbocycles. The molecule has 6 heteroatoms. The smallest absolute Gasteiger partial charge is 0.303 e. The third-order valence-corrected chi connectivity index (χ3v) is 4.14. The van der Waals surface area contributed by atoms with Gasteiger partial charge in [-0.05, 0) is 30.7 Å². The number of carbonyl (C=O) groups excluding carboxylic acids is 1. The van der Waals surface area contributed by atoms with Crippen molar-refractivity contribution in [3.63, 3.8) is 0 Å². The minimum atomic E-state index is -0.780. The van der Waals surface area contributed by atoms with Crippen LogP contribution in [0.1, 0.15) is 36.7 Å². The highest BCUT2D eigenvalue weighted by Gasteiger charge is 2.29. The quantitative estimate of drug-likeness (QED) is 0.897. The van der Waals surface area contributed by atoms with Crippen molar-refractivity contribution in [3.05, 3.63) is 23.0 Å². The summed E-state index contributed by atoms with van der Waals surface area (Å²) in [6.07, 6.45) is 3.63. The van der Waals surface area contributed by atoms with Gasteiger partial charge in [0.1, 0.15) is 5.69 Å². The molecule has 0 saturated carbocycles.